The Hall–Kier alpha value is -0.690. The van der Waals surface area contributed by atoms with E-state index in [1.165, 1.54) is 6.42 Å². The first kappa shape index (κ1) is 25.3. The summed E-state index contributed by atoms with van der Waals surface area (Å²) in [5.41, 5.74) is 5.46. The molecule has 0 spiro atoms. The number of nitrogens with two attached hydrogens (primary N) is 1. The van der Waals surface area contributed by atoms with Gasteiger partial charge in [0.15, 0.2) is 0 Å². The molecule has 21 heavy (non-hydrogen) atoms. The van der Waals surface area contributed by atoms with E-state index in [1.54, 1.807) is 19.1 Å². The number of amides is 1. The highest BCUT2D eigenvalue weighted by Crippen LogP contribution is 1.99. The molecule has 0 aliphatic rings. The predicted molar refractivity (Wildman–Crippen MR) is 91.6 cm³/mol. The number of ether oxygens (including phenoxy) is 1. The highest BCUT2D eigenvalue weighted by molar-refractivity contribution is 5.78. The van der Waals surface area contributed by atoms with Gasteiger partial charge in [-0.25, -0.2) is 0 Å². The van der Waals surface area contributed by atoms with Crippen LogP contribution in [-0.2, 0) is 9.53 Å². The van der Waals surface area contributed by atoms with Crippen LogP contribution < -0.4 is 16.4 Å². The number of hydrogen-bond donors (Lipinski definition) is 3. The van der Waals surface area contributed by atoms with Crippen molar-refractivity contribution < 1.29 is 9.53 Å². The Kier molecular flexibility index (Phi) is 26.0. The van der Waals surface area contributed by atoms with Crippen molar-refractivity contribution in [3.8, 4) is 0 Å². The molecule has 0 aliphatic heterocycles. The van der Waals surface area contributed by atoms with Gasteiger partial charge in [0.1, 0.15) is 0 Å². The van der Waals surface area contributed by atoms with E-state index in [9.17, 15) is 4.79 Å². The molecule has 0 rings (SSSR count). The molecule has 130 valence electrons. The third-order valence-corrected chi connectivity index (χ3v) is 2.29. The third-order valence-electron chi connectivity index (χ3n) is 2.29. The van der Waals surface area contributed by atoms with Gasteiger partial charge in [0.05, 0.1) is 12.6 Å². The summed E-state index contributed by atoms with van der Waals surface area (Å²) in [5, 5.41) is 5.59. The van der Waals surface area contributed by atoms with E-state index in [1.807, 2.05) is 21.0 Å². The fourth-order valence-electron chi connectivity index (χ4n) is 1.24. The molecule has 4 N–H and O–H groups in total. The van der Waals surface area contributed by atoms with Gasteiger partial charge in [0.25, 0.3) is 0 Å². The lowest BCUT2D eigenvalue weighted by atomic mass is 10.2. The topological polar surface area (TPSA) is 79.6 Å². The molecule has 0 radical (unpaired) electrons. The Balaban J connectivity index is -0.000000460. The van der Waals surface area contributed by atoms with Gasteiger partial charge in [-0.05, 0) is 34.5 Å². The third kappa shape index (κ3) is 21.8. The van der Waals surface area contributed by atoms with Crippen molar-refractivity contribution in [3.05, 3.63) is 0 Å². The average molecular weight is 306 g/mol. The van der Waals surface area contributed by atoms with E-state index in [0.717, 1.165) is 6.42 Å². The van der Waals surface area contributed by atoms with E-state index in [4.69, 9.17) is 10.5 Å². The van der Waals surface area contributed by atoms with E-state index in [2.05, 4.69) is 24.5 Å². The summed E-state index contributed by atoms with van der Waals surface area (Å²) in [7, 11) is 7.18. The number of hydrogen-bond acceptors (Lipinski definition) is 5. The summed E-state index contributed by atoms with van der Waals surface area (Å²) < 4.78 is 5.13. The predicted octanol–water partition coefficient (Wildman–Crippen LogP) is 0.670. The number of carbonyl (C=O) groups excluding carboxylic acids is 1. The van der Waals surface area contributed by atoms with Gasteiger partial charge in [-0.2, -0.15) is 0 Å². The average Bonchev–Trinajstić information content (AvgIpc) is 2.45. The fraction of sp³-hybridized carbons (Fsp3) is 0.933. The zero-order chi connectivity index (χ0) is 17.1. The molecule has 0 aromatic carbocycles. The van der Waals surface area contributed by atoms with Crippen LogP contribution in [0.4, 0.5) is 0 Å². The first-order chi connectivity index (χ1) is 9.98. The maximum Gasteiger partial charge on any atom is 0.236 e. The van der Waals surface area contributed by atoms with Crippen LogP contribution in [0.2, 0.25) is 0 Å². The summed E-state index contributed by atoms with van der Waals surface area (Å²) in [4.78, 5) is 13.4. The van der Waals surface area contributed by atoms with Crippen molar-refractivity contribution in [2.75, 3.05) is 54.4 Å². The molecule has 0 fully saturated rings. The number of rotatable bonds is 8. The van der Waals surface area contributed by atoms with Crippen LogP contribution in [0.15, 0.2) is 0 Å². The fourth-order valence-corrected chi connectivity index (χ4v) is 1.24. The molecular formula is C15H38N4O2. The molecule has 0 unspecified atom stereocenters. The lowest BCUT2D eigenvalue weighted by molar-refractivity contribution is -0.130. The zero-order valence-corrected chi connectivity index (χ0v) is 15.2. The molecular weight excluding hydrogens is 268 g/mol. The molecule has 0 saturated carbocycles. The maximum absolute atomic E-state index is 11.6. The SMILES string of the molecule is CCC.CNC.CNCC(=O)N(CCN)CC[C@@H](C)OC. The van der Waals surface area contributed by atoms with Gasteiger partial charge in [0, 0.05) is 26.7 Å². The lowest BCUT2D eigenvalue weighted by Gasteiger charge is -2.23. The molecule has 0 heterocycles. The van der Waals surface area contributed by atoms with Crippen LogP contribution in [0.3, 0.4) is 0 Å². The summed E-state index contributed by atoms with van der Waals surface area (Å²) in [6.07, 6.45) is 2.26. The molecule has 0 aromatic rings. The number of nitrogens with zero attached hydrogens (tertiary/aromatic N) is 1. The monoisotopic (exact) mass is 306 g/mol. The largest absolute Gasteiger partial charge is 0.382 e. The lowest BCUT2D eigenvalue weighted by Crippen LogP contribution is -2.41. The summed E-state index contributed by atoms with van der Waals surface area (Å²) in [5.74, 6) is 0.0891. The second kappa shape index (κ2) is 21.6. The molecule has 0 bridgehead atoms. The van der Waals surface area contributed by atoms with Gasteiger partial charge in [-0.1, -0.05) is 20.3 Å². The minimum absolute atomic E-state index is 0.0891. The summed E-state index contributed by atoms with van der Waals surface area (Å²) >= 11 is 0. The van der Waals surface area contributed by atoms with Crippen molar-refractivity contribution in [2.24, 2.45) is 5.73 Å². The number of nitrogens with one attached hydrogen (secondary N) is 2. The van der Waals surface area contributed by atoms with Gasteiger partial charge < -0.3 is 26.0 Å². The number of carbonyl (C=O) groups is 1. The van der Waals surface area contributed by atoms with Crippen molar-refractivity contribution in [2.45, 2.75) is 39.7 Å². The molecule has 0 aromatic heterocycles. The van der Waals surface area contributed by atoms with Crippen LogP contribution in [0, 0.1) is 0 Å². The Bertz CT molecular complexity index is 202. The zero-order valence-electron chi connectivity index (χ0n) is 15.2. The smallest absolute Gasteiger partial charge is 0.236 e. The van der Waals surface area contributed by atoms with Crippen molar-refractivity contribution >= 4 is 5.91 Å². The highest BCUT2D eigenvalue weighted by Gasteiger charge is 2.12. The number of likely N-dealkylation sites (N-methyl/N-ethyl adjacent to an activating group) is 1. The van der Waals surface area contributed by atoms with Gasteiger partial charge in [-0.15, -0.1) is 0 Å². The second-order valence-corrected chi connectivity index (χ2v) is 4.74. The Labute approximate surface area is 131 Å². The van der Waals surface area contributed by atoms with Crippen LogP contribution in [0.5, 0.6) is 0 Å². The van der Waals surface area contributed by atoms with Crippen LogP contribution in [0.1, 0.15) is 33.6 Å². The molecule has 0 saturated heterocycles. The molecule has 1 amide bonds. The quantitative estimate of drug-likeness (QED) is 0.614. The van der Waals surface area contributed by atoms with Gasteiger partial charge in [0.2, 0.25) is 5.91 Å². The van der Waals surface area contributed by atoms with E-state index in [0.29, 0.717) is 26.2 Å². The Morgan fingerprint density at radius 1 is 1.24 bits per heavy atom. The number of methoxy groups -OCH3 is 1. The van der Waals surface area contributed by atoms with Crippen LogP contribution >= 0.6 is 0 Å². The summed E-state index contributed by atoms with van der Waals surface area (Å²) in [6.45, 7) is 8.41. The first-order valence-electron chi connectivity index (χ1n) is 7.72. The molecule has 6 heteroatoms. The highest BCUT2D eigenvalue weighted by atomic mass is 16.5. The van der Waals surface area contributed by atoms with Gasteiger partial charge in [-0.3, -0.25) is 4.79 Å². The van der Waals surface area contributed by atoms with E-state index < -0.39 is 0 Å². The standard InChI is InChI=1S/C10H23N3O2.C3H8.C2H7N/c1-9(15-3)4-6-13(7-5-11)10(14)8-12-2;2*1-3-2/h9,12H,4-8,11H2,1-3H3;3H2,1-2H3;3H,1-2H3/t9-;;/m1../s1. The molecule has 0 aliphatic carbocycles. The van der Waals surface area contributed by atoms with E-state index >= 15 is 0 Å². The minimum Gasteiger partial charge on any atom is -0.382 e. The summed E-state index contributed by atoms with van der Waals surface area (Å²) in [6, 6.07) is 0. The van der Waals surface area contributed by atoms with Gasteiger partial charge >= 0.3 is 0 Å². The van der Waals surface area contributed by atoms with Crippen molar-refractivity contribution in [3.63, 3.8) is 0 Å². The van der Waals surface area contributed by atoms with Crippen LogP contribution in [-0.4, -0.2) is 71.3 Å². The Morgan fingerprint density at radius 3 is 2.05 bits per heavy atom. The Morgan fingerprint density at radius 2 is 1.71 bits per heavy atom. The van der Waals surface area contributed by atoms with Crippen molar-refractivity contribution in [1.82, 2.24) is 15.5 Å². The maximum atomic E-state index is 11.6. The van der Waals surface area contributed by atoms with E-state index in [-0.39, 0.29) is 12.0 Å². The van der Waals surface area contributed by atoms with Crippen LogP contribution in [0.25, 0.3) is 0 Å². The normalized spacial score (nSPS) is 10.7. The molecule has 6 nitrogen and oxygen atoms in total. The second-order valence-electron chi connectivity index (χ2n) is 4.74. The first-order valence-corrected chi connectivity index (χ1v) is 7.72. The van der Waals surface area contributed by atoms with Crippen molar-refractivity contribution in [1.29, 1.82) is 0 Å². The minimum atomic E-state index is 0.0891. The molecule has 1 atom stereocenters.